The van der Waals surface area contributed by atoms with E-state index in [-0.39, 0.29) is 24.0 Å². The Morgan fingerprint density at radius 2 is 1.89 bits per heavy atom. The summed E-state index contributed by atoms with van der Waals surface area (Å²) < 4.78 is 1.96. The highest BCUT2D eigenvalue weighted by Gasteiger charge is 2.07. The number of hydrogen-bond donors (Lipinski definition) is 1. The lowest BCUT2D eigenvalue weighted by Crippen LogP contribution is -2.38. The van der Waals surface area contributed by atoms with Crippen molar-refractivity contribution in [1.29, 1.82) is 0 Å². The molecule has 0 spiro atoms. The number of aryl methyl sites for hydroxylation is 1. The molecular weight excluding hydrogens is 451 g/mol. The molecule has 0 radical (unpaired) electrons. The molecule has 1 aromatic carbocycles. The standard InChI is InChI=1S/C20H24N6.HI/c1-16-22-11-12-26(16)19-10-9-18(13-23-19)14-24-20(21-2)25(3)15-17-7-5-4-6-8-17;/h4-13H,14-15H2,1-3H3,(H,21,24);1H. The van der Waals surface area contributed by atoms with Gasteiger partial charge in [-0.1, -0.05) is 36.4 Å². The molecule has 0 saturated heterocycles. The quantitative estimate of drug-likeness (QED) is 0.349. The van der Waals surface area contributed by atoms with Crippen molar-refractivity contribution in [3.05, 3.63) is 78.0 Å². The molecule has 0 saturated carbocycles. The van der Waals surface area contributed by atoms with Crippen LogP contribution in [0, 0.1) is 6.92 Å². The molecule has 0 aliphatic carbocycles. The summed E-state index contributed by atoms with van der Waals surface area (Å²) in [6.07, 6.45) is 5.57. The van der Waals surface area contributed by atoms with E-state index in [4.69, 9.17) is 0 Å². The monoisotopic (exact) mass is 476 g/mol. The second-order valence-electron chi connectivity index (χ2n) is 6.11. The Morgan fingerprint density at radius 1 is 1.11 bits per heavy atom. The number of halogens is 1. The Morgan fingerprint density at radius 3 is 2.48 bits per heavy atom. The van der Waals surface area contributed by atoms with Crippen molar-refractivity contribution in [2.45, 2.75) is 20.0 Å². The summed E-state index contributed by atoms with van der Waals surface area (Å²) in [6.45, 7) is 3.43. The molecule has 3 aromatic rings. The first-order chi connectivity index (χ1) is 12.7. The smallest absolute Gasteiger partial charge is 0.193 e. The lowest BCUT2D eigenvalue weighted by Gasteiger charge is -2.22. The van der Waals surface area contributed by atoms with Gasteiger partial charge in [-0.2, -0.15) is 0 Å². The van der Waals surface area contributed by atoms with Gasteiger partial charge in [-0.05, 0) is 24.1 Å². The molecule has 2 aromatic heterocycles. The predicted octanol–water partition coefficient (Wildman–Crippen LogP) is 3.40. The van der Waals surface area contributed by atoms with E-state index in [0.29, 0.717) is 6.54 Å². The number of nitrogens with zero attached hydrogens (tertiary/aromatic N) is 5. The highest BCUT2D eigenvalue weighted by Crippen LogP contribution is 2.08. The topological polar surface area (TPSA) is 58.3 Å². The van der Waals surface area contributed by atoms with Crippen molar-refractivity contribution < 1.29 is 0 Å². The molecule has 27 heavy (non-hydrogen) atoms. The van der Waals surface area contributed by atoms with Gasteiger partial charge in [0.15, 0.2) is 5.96 Å². The molecule has 0 amide bonds. The summed E-state index contributed by atoms with van der Waals surface area (Å²) in [5, 5.41) is 3.39. The number of aromatic nitrogens is 3. The number of aliphatic imine (C=N–C) groups is 1. The van der Waals surface area contributed by atoms with Gasteiger partial charge in [-0.15, -0.1) is 24.0 Å². The van der Waals surface area contributed by atoms with Gasteiger partial charge in [0.05, 0.1) is 0 Å². The third kappa shape index (κ3) is 5.53. The van der Waals surface area contributed by atoms with Crippen LogP contribution in [0.15, 0.2) is 66.0 Å². The third-order valence-corrected chi connectivity index (χ3v) is 4.17. The SMILES string of the molecule is CN=C(NCc1ccc(-n2ccnc2C)nc1)N(C)Cc1ccccc1.I. The zero-order chi connectivity index (χ0) is 18.4. The summed E-state index contributed by atoms with van der Waals surface area (Å²) in [4.78, 5) is 15.2. The molecular formula is C20H25IN6. The maximum Gasteiger partial charge on any atom is 0.193 e. The number of rotatable bonds is 5. The summed E-state index contributed by atoms with van der Waals surface area (Å²) in [5.41, 5.74) is 2.35. The van der Waals surface area contributed by atoms with Crippen LogP contribution < -0.4 is 5.32 Å². The number of imidazole rings is 1. The van der Waals surface area contributed by atoms with Crippen molar-refractivity contribution in [1.82, 2.24) is 24.8 Å². The first kappa shape index (κ1) is 20.9. The first-order valence-electron chi connectivity index (χ1n) is 8.58. The molecule has 0 fully saturated rings. The molecule has 0 aliphatic rings. The second-order valence-corrected chi connectivity index (χ2v) is 6.11. The Balaban J connectivity index is 0.00000261. The van der Waals surface area contributed by atoms with Crippen molar-refractivity contribution in [3.63, 3.8) is 0 Å². The van der Waals surface area contributed by atoms with Crippen LogP contribution >= 0.6 is 24.0 Å². The zero-order valence-electron chi connectivity index (χ0n) is 15.8. The van der Waals surface area contributed by atoms with Crippen LogP contribution in [0.5, 0.6) is 0 Å². The van der Waals surface area contributed by atoms with Gasteiger partial charge >= 0.3 is 0 Å². The highest BCUT2D eigenvalue weighted by molar-refractivity contribution is 14.0. The molecule has 2 heterocycles. The van der Waals surface area contributed by atoms with Gasteiger partial charge in [0.2, 0.25) is 0 Å². The summed E-state index contributed by atoms with van der Waals surface area (Å²) in [7, 11) is 3.83. The lowest BCUT2D eigenvalue weighted by molar-refractivity contribution is 0.476. The van der Waals surface area contributed by atoms with Gasteiger partial charge in [0.25, 0.3) is 0 Å². The van der Waals surface area contributed by atoms with Gasteiger partial charge in [0, 0.05) is 45.8 Å². The number of guanidine groups is 1. The molecule has 142 valence electrons. The maximum absolute atomic E-state index is 4.53. The van der Waals surface area contributed by atoms with E-state index in [2.05, 4.69) is 55.5 Å². The molecule has 0 unspecified atom stereocenters. The number of hydrogen-bond acceptors (Lipinski definition) is 3. The van der Waals surface area contributed by atoms with Crippen molar-refractivity contribution in [3.8, 4) is 5.82 Å². The average Bonchev–Trinajstić information content (AvgIpc) is 3.09. The molecule has 1 N–H and O–H groups in total. The highest BCUT2D eigenvalue weighted by atomic mass is 127. The van der Waals surface area contributed by atoms with E-state index >= 15 is 0 Å². The fourth-order valence-electron chi connectivity index (χ4n) is 2.78. The number of benzene rings is 1. The van der Waals surface area contributed by atoms with Crippen LogP contribution in [0.2, 0.25) is 0 Å². The normalized spacial score (nSPS) is 11.0. The minimum absolute atomic E-state index is 0. The van der Waals surface area contributed by atoms with Crippen molar-refractivity contribution in [2.75, 3.05) is 14.1 Å². The molecule has 7 heteroatoms. The Labute approximate surface area is 177 Å². The first-order valence-corrected chi connectivity index (χ1v) is 8.58. The zero-order valence-corrected chi connectivity index (χ0v) is 18.2. The fourth-order valence-corrected chi connectivity index (χ4v) is 2.78. The van der Waals surface area contributed by atoms with E-state index in [1.165, 1.54) is 5.56 Å². The van der Waals surface area contributed by atoms with E-state index in [1.54, 1.807) is 13.2 Å². The van der Waals surface area contributed by atoms with Gasteiger partial charge < -0.3 is 10.2 Å². The van der Waals surface area contributed by atoms with Crippen LogP contribution in [-0.2, 0) is 13.1 Å². The Kier molecular flexibility index (Phi) is 7.78. The van der Waals surface area contributed by atoms with Crippen LogP contribution in [0.1, 0.15) is 17.0 Å². The van der Waals surface area contributed by atoms with Crippen LogP contribution in [0.3, 0.4) is 0 Å². The largest absolute Gasteiger partial charge is 0.352 e. The predicted molar refractivity (Wildman–Crippen MR) is 120 cm³/mol. The van der Waals surface area contributed by atoms with E-state index in [9.17, 15) is 0 Å². The summed E-state index contributed by atoms with van der Waals surface area (Å²) >= 11 is 0. The number of nitrogens with one attached hydrogen (secondary N) is 1. The number of pyridine rings is 1. The van der Waals surface area contributed by atoms with Gasteiger partial charge in [-0.3, -0.25) is 9.56 Å². The summed E-state index contributed by atoms with van der Waals surface area (Å²) in [6, 6.07) is 14.4. The minimum Gasteiger partial charge on any atom is -0.352 e. The van der Waals surface area contributed by atoms with E-state index < -0.39 is 0 Å². The molecule has 0 atom stereocenters. The second kappa shape index (κ2) is 10.1. The maximum atomic E-state index is 4.53. The third-order valence-electron chi connectivity index (χ3n) is 4.17. The Hall–Kier alpha value is -2.42. The minimum atomic E-state index is 0. The fraction of sp³-hybridized carbons (Fsp3) is 0.250. The molecule has 3 rings (SSSR count). The van der Waals surface area contributed by atoms with Gasteiger partial charge in [0.1, 0.15) is 11.6 Å². The molecule has 0 aliphatic heterocycles. The van der Waals surface area contributed by atoms with Crippen LogP contribution in [0.4, 0.5) is 0 Å². The van der Waals surface area contributed by atoms with E-state index in [0.717, 1.165) is 29.7 Å². The van der Waals surface area contributed by atoms with Gasteiger partial charge in [-0.25, -0.2) is 9.97 Å². The van der Waals surface area contributed by atoms with Crippen molar-refractivity contribution in [2.24, 2.45) is 4.99 Å². The van der Waals surface area contributed by atoms with Crippen LogP contribution in [0.25, 0.3) is 5.82 Å². The summed E-state index contributed by atoms with van der Waals surface area (Å²) in [5.74, 6) is 2.64. The van der Waals surface area contributed by atoms with Crippen LogP contribution in [-0.4, -0.2) is 39.5 Å². The molecule has 6 nitrogen and oxygen atoms in total. The lowest BCUT2D eigenvalue weighted by atomic mass is 10.2. The Bertz CT molecular complexity index is 858. The van der Waals surface area contributed by atoms with E-state index in [1.807, 2.05) is 43.1 Å². The average molecular weight is 476 g/mol. The molecule has 0 bridgehead atoms. The van der Waals surface area contributed by atoms with Crippen molar-refractivity contribution >= 4 is 29.9 Å².